The van der Waals surface area contributed by atoms with E-state index in [4.69, 9.17) is 4.74 Å². The molecule has 88 valence electrons. The van der Waals surface area contributed by atoms with Crippen molar-refractivity contribution < 1.29 is 4.74 Å². The molecule has 0 aliphatic carbocycles. The molecule has 2 fully saturated rings. The number of nitrogens with one attached hydrogen (secondary N) is 1. The van der Waals surface area contributed by atoms with Crippen LogP contribution in [0.1, 0.15) is 19.8 Å². The average Bonchev–Trinajstić information content (AvgIpc) is 2.63. The quantitative estimate of drug-likeness (QED) is 0.754. The average molecular weight is 212 g/mol. The van der Waals surface area contributed by atoms with Gasteiger partial charge in [0.25, 0.3) is 0 Å². The SMILES string of the molecule is COC[C@H]1CN(C2CCNCC2)C[C@@H]1C. The predicted octanol–water partition coefficient (Wildman–Crippen LogP) is 0.953. The van der Waals surface area contributed by atoms with Gasteiger partial charge in [0.15, 0.2) is 0 Å². The van der Waals surface area contributed by atoms with E-state index in [9.17, 15) is 0 Å². The molecular weight excluding hydrogens is 188 g/mol. The minimum atomic E-state index is 0.755. The van der Waals surface area contributed by atoms with Crippen LogP contribution in [0, 0.1) is 11.8 Å². The van der Waals surface area contributed by atoms with Crippen molar-refractivity contribution in [1.29, 1.82) is 0 Å². The summed E-state index contributed by atoms with van der Waals surface area (Å²) in [5, 5.41) is 3.43. The van der Waals surface area contributed by atoms with Crippen LogP contribution >= 0.6 is 0 Å². The van der Waals surface area contributed by atoms with Gasteiger partial charge in [0.05, 0.1) is 6.61 Å². The Morgan fingerprint density at radius 1 is 1.27 bits per heavy atom. The highest BCUT2D eigenvalue weighted by molar-refractivity contribution is 4.87. The van der Waals surface area contributed by atoms with Crippen LogP contribution in [0.15, 0.2) is 0 Å². The van der Waals surface area contributed by atoms with Gasteiger partial charge in [-0.2, -0.15) is 0 Å². The highest BCUT2D eigenvalue weighted by Gasteiger charge is 2.33. The maximum absolute atomic E-state index is 5.29. The molecule has 2 aliphatic heterocycles. The zero-order valence-electron chi connectivity index (χ0n) is 10.0. The Labute approximate surface area is 93.2 Å². The van der Waals surface area contributed by atoms with Gasteiger partial charge in [-0.3, -0.25) is 4.90 Å². The van der Waals surface area contributed by atoms with Crippen LogP contribution in [-0.4, -0.2) is 50.8 Å². The molecule has 0 radical (unpaired) electrons. The van der Waals surface area contributed by atoms with Crippen molar-refractivity contribution in [3.05, 3.63) is 0 Å². The Morgan fingerprint density at radius 3 is 2.67 bits per heavy atom. The molecule has 2 aliphatic rings. The summed E-state index contributed by atoms with van der Waals surface area (Å²) < 4.78 is 5.29. The highest BCUT2D eigenvalue weighted by atomic mass is 16.5. The smallest absolute Gasteiger partial charge is 0.0505 e. The normalized spacial score (nSPS) is 34.8. The summed E-state index contributed by atoms with van der Waals surface area (Å²) >= 11 is 0. The van der Waals surface area contributed by atoms with Crippen molar-refractivity contribution in [2.45, 2.75) is 25.8 Å². The summed E-state index contributed by atoms with van der Waals surface area (Å²) in [6, 6.07) is 0.829. The van der Waals surface area contributed by atoms with E-state index in [2.05, 4.69) is 17.1 Å². The Bertz CT molecular complexity index is 192. The molecule has 2 rings (SSSR count). The minimum absolute atomic E-state index is 0.755. The molecule has 1 N–H and O–H groups in total. The van der Waals surface area contributed by atoms with Crippen LogP contribution in [0.2, 0.25) is 0 Å². The van der Waals surface area contributed by atoms with E-state index in [0.29, 0.717) is 0 Å². The lowest BCUT2D eigenvalue weighted by atomic mass is 10.00. The molecule has 2 atom stereocenters. The lowest BCUT2D eigenvalue weighted by Crippen LogP contribution is -2.42. The Kier molecular flexibility index (Phi) is 4.00. The molecule has 2 heterocycles. The van der Waals surface area contributed by atoms with Crippen molar-refractivity contribution in [2.75, 3.05) is 39.9 Å². The standard InChI is InChI=1S/C12H24N2O/c1-10-7-14(8-11(10)9-15-2)12-3-5-13-6-4-12/h10-13H,3-9H2,1-2H3/t10-,11+/m0/s1. The number of methoxy groups -OCH3 is 1. The number of hydrogen-bond acceptors (Lipinski definition) is 3. The van der Waals surface area contributed by atoms with Crippen LogP contribution in [0.5, 0.6) is 0 Å². The van der Waals surface area contributed by atoms with E-state index in [-0.39, 0.29) is 0 Å². The molecule has 0 spiro atoms. The van der Waals surface area contributed by atoms with Crippen molar-refractivity contribution in [3.8, 4) is 0 Å². The summed E-state index contributed by atoms with van der Waals surface area (Å²) in [6.07, 6.45) is 2.65. The van der Waals surface area contributed by atoms with Gasteiger partial charge in [0.2, 0.25) is 0 Å². The number of hydrogen-bond donors (Lipinski definition) is 1. The van der Waals surface area contributed by atoms with Gasteiger partial charge in [0.1, 0.15) is 0 Å². The topological polar surface area (TPSA) is 24.5 Å². The second-order valence-corrected chi connectivity index (χ2v) is 5.13. The highest BCUT2D eigenvalue weighted by Crippen LogP contribution is 2.27. The number of nitrogens with zero attached hydrogens (tertiary/aromatic N) is 1. The molecule has 0 bridgehead atoms. The van der Waals surface area contributed by atoms with Crippen molar-refractivity contribution in [2.24, 2.45) is 11.8 Å². The lowest BCUT2D eigenvalue weighted by molar-refractivity contribution is 0.133. The van der Waals surface area contributed by atoms with Gasteiger partial charge in [-0.25, -0.2) is 0 Å². The lowest BCUT2D eigenvalue weighted by Gasteiger charge is -2.31. The molecule has 0 unspecified atom stereocenters. The van der Waals surface area contributed by atoms with Crippen LogP contribution in [0.3, 0.4) is 0 Å². The summed E-state index contributed by atoms with van der Waals surface area (Å²) in [4.78, 5) is 2.69. The largest absolute Gasteiger partial charge is 0.384 e. The summed E-state index contributed by atoms with van der Waals surface area (Å²) in [5.74, 6) is 1.56. The fraction of sp³-hybridized carbons (Fsp3) is 1.00. The van der Waals surface area contributed by atoms with E-state index in [1.807, 2.05) is 7.11 Å². The zero-order valence-corrected chi connectivity index (χ0v) is 10.0. The third kappa shape index (κ3) is 2.71. The van der Waals surface area contributed by atoms with Gasteiger partial charge in [0, 0.05) is 26.2 Å². The third-order valence-corrected chi connectivity index (χ3v) is 4.00. The van der Waals surface area contributed by atoms with E-state index in [1.165, 1.54) is 39.0 Å². The van der Waals surface area contributed by atoms with Gasteiger partial charge in [-0.15, -0.1) is 0 Å². The molecule has 0 aromatic carbocycles. The van der Waals surface area contributed by atoms with Crippen LogP contribution in [-0.2, 0) is 4.74 Å². The van der Waals surface area contributed by atoms with Crippen molar-refractivity contribution in [3.63, 3.8) is 0 Å². The van der Waals surface area contributed by atoms with E-state index >= 15 is 0 Å². The molecular formula is C12H24N2O. The second kappa shape index (κ2) is 5.28. The number of piperidine rings is 1. The molecule has 0 amide bonds. The van der Waals surface area contributed by atoms with Gasteiger partial charge in [-0.05, 0) is 37.8 Å². The van der Waals surface area contributed by atoms with Gasteiger partial charge in [-0.1, -0.05) is 6.92 Å². The predicted molar refractivity (Wildman–Crippen MR) is 62.0 cm³/mol. The Hall–Kier alpha value is -0.120. The summed E-state index contributed by atoms with van der Waals surface area (Å²) in [6.45, 7) is 8.22. The van der Waals surface area contributed by atoms with E-state index < -0.39 is 0 Å². The first-order valence-electron chi connectivity index (χ1n) is 6.25. The van der Waals surface area contributed by atoms with Gasteiger partial charge < -0.3 is 10.1 Å². The summed E-state index contributed by atoms with van der Waals surface area (Å²) in [5.41, 5.74) is 0. The Balaban J connectivity index is 1.84. The van der Waals surface area contributed by atoms with Crippen molar-refractivity contribution in [1.82, 2.24) is 10.2 Å². The fourth-order valence-electron chi connectivity index (χ4n) is 2.98. The molecule has 2 saturated heterocycles. The Morgan fingerprint density at radius 2 is 2.00 bits per heavy atom. The first kappa shape index (κ1) is 11.4. The number of ether oxygens (including phenoxy) is 1. The van der Waals surface area contributed by atoms with Gasteiger partial charge >= 0.3 is 0 Å². The molecule has 15 heavy (non-hydrogen) atoms. The maximum Gasteiger partial charge on any atom is 0.0505 e. The molecule has 0 saturated carbocycles. The monoisotopic (exact) mass is 212 g/mol. The van der Waals surface area contributed by atoms with E-state index in [1.54, 1.807) is 0 Å². The van der Waals surface area contributed by atoms with E-state index in [0.717, 1.165) is 24.5 Å². The first-order valence-corrected chi connectivity index (χ1v) is 6.25. The minimum Gasteiger partial charge on any atom is -0.384 e. The zero-order chi connectivity index (χ0) is 10.7. The fourth-order valence-corrected chi connectivity index (χ4v) is 2.98. The third-order valence-electron chi connectivity index (χ3n) is 4.00. The van der Waals surface area contributed by atoms with Crippen molar-refractivity contribution >= 4 is 0 Å². The molecule has 0 aromatic rings. The second-order valence-electron chi connectivity index (χ2n) is 5.13. The van der Waals surface area contributed by atoms with Crippen LogP contribution < -0.4 is 5.32 Å². The molecule has 3 nitrogen and oxygen atoms in total. The van der Waals surface area contributed by atoms with Crippen LogP contribution in [0.25, 0.3) is 0 Å². The maximum atomic E-state index is 5.29. The van der Waals surface area contributed by atoms with Crippen LogP contribution in [0.4, 0.5) is 0 Å². The molecule has 0 aromatic heterocycles. The first-order chi connectivity index (χ1) is 7.31. The number of rotatable bonds is 3. The molecule has 3 heteroatoms. The summed E-state index contributed by atoms with van der Waals surface area (Å²) in [7, 11) is 1.82. The number of likely N-dealkylation sites (tertiary alicyclic amines) is 1.